The summed E-state index contributed by atoms with van der Waals surface area (Å²) in [7, 11) is 1.39. The molecule has 0 unspecified atom stereocenters. The van der Waals surface area contributed by atoms with Gasteiger partial charge in [0.15, 0.2) is 16.5 Å². The number of hydrogen-bond donors (Lipinski definition) is 1. The van der Waals surface area contributed by atoms with E-state index in [0.29, 0.717) is 0 Å². The predicted octanol–water partition coefficient (Wildman–Crippen LogP) is 2.31. The molecule has 1 heterocycles. The van der Waals surface area contributed by atoms with E-state index in [2.05, 4.69) is 21.4 Å². The second kappa shape index (κ2) is 5.84. The molecule has 5 heteroatoms. The number of carbonyl (C=O) groups excluding carboxylic acids is 1. The molecule has 0 amide bonds. The Labute approximate surface area is 116 Å². The molecule has 0 bridgehead atoms. The molecule has 0 spiro atoms. The summed E-state index contributed by atoms with van der Waals surface area (Å²) < 4.78 is 6.82. The molecule has 0 saturated heterocycles. The number of nitrogens with zero attached hydrogens (tertiary/aromatic N) is 1. The van der Waals surface area contributed by atoms with Crippen molar-refractivity contribution in [2.45, 2.75) is 19.9 Å². The lowest BCUT2D eigenvalue weighted by Crippen LogP contribution is -2.28. The zero-order valence-electron chi connectivity index (χ0n) is 11.2. The number of aromatic nitrogens is 1. The maximum atomic E-state index is 11.4. The minimum Gasteiger partial charge on any atom is -0.467 e. The van der Waals surface area contributed by atoms with E-state index in [1.54, 1.807) is 18.5 Å². The third-order valence-electron chi connectivity index (χ3n) is 2.75. The summed E-state index contributed by atoms with van der Waals surface area (Å²) in [5, 5.41) is 4.09. The molecule has 0 aliphatic carbocycles. The van der Waals surface area contributed by atoms with Crippen LogP contribution in [-0.4, -0.2) is 19.1 Å². The standard InChI is InChI=1S/C14H16N2O2S/c1-10-9-13(15-11(2)14(17)18-3)19-16(10)12-7-5-4-6-8-12/h4-9,11H,1-3H3/p+1/t11-/m0/s1. The van der Waals surface area contributed by atoms with Crippen LogP contribution in [0.5, 0.6) is 0 Å². The highest BCUT2D eigenvalue weighted by molar-refractivity contribution is 7.06. The van der Waals surface area contributed by atoms with E-state index in [1.165, 1.54) is 7.11 Å². The molecular weight excluding hydrogens is 260 g/mol. The molecule has 1 aromatic heterocycles. The van der Waals surface area contributed by atoms with Crippen molar-refractivity contribution in [2.75, 3.05) is 12.4 Å². The predicted molar refractivity (Wildman–Crippen MR) is 75.7 cm³/mol. The monoisotopic (exact) mass is 277 g/mol. The van der Waals surface area contributed by atoms with Crippen LogP contribution in [-0.2, 0) is 9.53 Å². The summed E-state index contributed by atoms with van der Waals surface area (Å²) in [6.07, 6.45) is 0. The lowest BCUT2D eigenvalue weighted by atomic mass is 10.3. The fourth-order valence-corrected chi connectivity index (χ4v) is 2.86. The van der Waals surface area contributed by atoms with Gasteiger partial charge in [-0.3, -0.25) is 0 Å². The van der Waals surface area contributed by atoms with Crippen molar-refractivity contribution in [1.82, 2.24) is 0 Å². The van der Waals surface area contributed by atoms with Crippen LogP contribution in [0, 0.1) is 6.92 Å². The molecule has 0 saturated carbocycles. The fourth-order valence-electron chi connectivity index (χ4n) is 1.78. The van der Waals surface area contributed by atoms with Crippen LogP contribution in [0.25, 0.3) is 5.69 Å². The molecule has 0 aliphatic heterocycles. The summed E-state index contributed by atoms with van der Waals surface area (Å²) in [5.74, 6) is -0.266. The van der Waals surface area contributed by atoms with Gasteiger partial charge in [0.1, 0.15) is 6.04 Å². The van der Waals surface area contributed by atoms with Gasteiger partial charge in [0, 0.05) is 25.1 Å². The zero-order valence-corrected chi connectivity index (χ0v) is 12.0. The third-order valence-corrected chi connectivity index (χ3v) is 3.87. The van der Waals surface area contributed by atoms with Crippen molar-refractivity contribution in [3.05, 3.63) is 42.1 Å². The van der Waals surface area contributed by atoms with Gasteiger partial charge in [0.05, 0.1) is 7.11 Å². The van der Waals surface area contributed by atoms with Crippen molar-refractivity contribution in [1.29, 1.82) is 0 Å². The first-order chi connectivity index (χ1) is 9.11. The fraction of sp³-hybridized carbons (Fsp3) is 0.286. The van der Waals surface area contributed by atoms with Crippen LogP contribution in [0.15, 0.2) is 36.4 Å². The normalized spacial score (nSPS) is 11.9. The first-order valence-corrected chi connectivity index (χ1v) is 6.82. The van der Waals surface area contributed by atoms with Crippen molar-refractivity contribution in [3.8, 4) is 5.69 Å². The van der Waals surface area contributed by atoms with E-state index in [-0.39, 0.29) is 12.0 Å². The summed E-state index contributed by atoms with van der Waals surface area (Å²) in [6, 6.07) is 11.8. The summed E-state index contributed by atoms with van der Waals surface area (Å²) >= 11 is 1.57. The van der Waals surface area contributed by atoms with Crippen molar-refractivity contribution < 1.29 is 13.5 Å². The zero-order chi connectivity index (χ0) is 13.8. The number of hydrogen-bond acceptors (Lipinski definition) is 4. The number of methoxy groups -OCH3 is 1. The number of para-hydroxylation sites is 1. The minimum atomic E-state index is -0.354. The number of esters is 1. The third kappa shape index (κ3) is 3.12. The van der Waals surface area contributed by atoms with Crippen LogP contribution in [0.4, 0.5) is 5.00 Å². The second-order valence-electron chi connectivity index (χ2n) is 4.26. The molecule has 0 radical (unpaired) electrons. The molecule has 2 rings (SSSR count). The smallest absolute Gasteiger partial charge is 0.328 e. The molecule has 1 atom stereocenters. The van der Waals surface area contributed by atoms with Gasteiger partial charge in [-0.15, -0.1) is 0 Å². The Morgan fingerprint density at radius 2 is 2.05 bits per heavy atom. The summed E-state index contributed by atoms with van der Waals surface area (Å²) in [4.78, 5) is 11.4. The molecule has 0 aliphatic rings. The molecule has 4 nitrogen and oxygen atoms in total. The molecule has 1 N–H and O–H groups in total. The second-order valence-corrected chi connectivity index (χ2v) is 5.25. The van der Waals surface area contributed by atoms with Gasteiger partial charge >= 0.3 is 5.97 Å². The van der Waals surface area contributed by atoms with Crippen LogP contribution < -0.4 is 9.27 Å². The van der Waals surface area contributed by atoms with Gasteiger partial charge in [-0.25, -0.2) is 4.79 Å². The van der Waals surface area contributed by atoms with Crippen molar-refractivity contribution in [2.24, 2.45) is 0 Å². The van der Waals surface area contributed by atoms with Gasteiger partial charge in [-0.05, 0) is 6.92 Å². The van der Waals surface area contributed by atoms with Gasteiger partial charge in [-0.1, -0.05) is 22.2 Å². The van der Waals surface area contributed by atoms with E-state index in [0.717, 1.165) is 16.4 Å². The number of aryl methyl sites for hydroxylation is 1. The van der Waals surface area contributed by atoms with Crippen molar-refractivity contribution in [3.63, 3.8) is 0 Å². The Balaban J connectivity index is 2.20. The molecule has 2 aromatic rings. The Hall–Kier alpha value is -1.88. The number of carbonyl (C=O) groups is 1. The molecule has 1 aromatic carbocycles. The Morgan fingerprint density at radius 3 is 2.68 bits per heavy atom. The lowest BCUT2D eigenvalue weighted by molar-refractivity contribution is -0.527. The highest BCUT2D eigenvalue weighted by Crippen LogP contribution is 2.18. The lowest BCUT2D eigenvalue weighted by Gasteiger charge is -2.08. The van der Waals surface area contributed by atoms with Gasteiger partial charge in [-0.2, -0.15) is 0 Å². The van der Waals surface area contributed by atoms with Gasteiger partial charge < -0.3 is 10.1 Å². The quantitative estimate of drug-likeness (QED) is 0.689. The molecular formula is C14H17N2O2S+. The van der Waals surface area contributed by atoms with E-state index >= 15 is 0 Å². The maximum Gasteiger partial charge on any atom is 0.328 e. The summed E-state index contributed by atoms with van der Waals surface area (Å²) in [6.45, 7) is 3.82. The van der Waals surface area contributed by atoms with E-state index < -0.39 is 0 Å². The number of nitrogens with one attached hydrogen (secondary N) is 1. The molecule has 19 heavy (non-hydrogen) atoms. The Kier molecular flexibility index (Phi) is 4.16. The van der Waals surface area contributed by atoms with E-state index in [9.17, 15) is 4.79 Å². The number of anilines is 1. The number of rotatable bonds is 4. The SMILES string of the molecule is COC(=O)[C@H](C)Nc1cc(C)[n+](-c2ccccc2)s1. The summed E-state index contributed by atoms with van der Waals surface area (Å²) in [5.41, 5.74) is 2.24. The Morgan fingerprint density at radius 1 is 1.37 bits per heavy atom. The average molecular weight is 277 g/mol. The highest BCUT2D eigenvalue weighted by Gasteiger charge is 2.20. The number of ether oxygens (including phenoxy) is 1. The van der Waals surface area contributed by atoms with Crippen LogP contribution in [0.3, 0.4) is 0 Å². The molecule has 0 fully saturated rings. The first-order valence-electron chi connectivity index (χ1n) is 6.04. The maximum absolute atomic E-state index is 11.4. The van der Waals surface area contributed by atoms with Gasteiger partial charge in [0.2, 0.25) is 11.4 Å². The van der Waals surface area contributed by atoms with Crippen molar-refractivity contribution >= 4 is 22.5 Å². The highest BCUT2D eigenvalue weighted by atomic mass is 32.1. The van der Waals surface area contributed by atoms with Crippen LogP contribution in [0.1, 0.15) is 12.6 Å². The van der Waals surface area contributed by atoms with E-state index in [4.69, 9.17) is 4.74 Å². The van der Waals surface area contributed by atoms with Gasteiger partial charge in [0.25, 0.3) is 0 Å². The van der Waals surface area contributed by atoms with E-state index in [1.807, 2.05) is 31.2 Å². The average Bonchev–Trinajstić information content (AvgIpc) is 2.79. The topological polar surface area (TPSA) is 42.2 Å². The molecule has 100 valence electrons. The van der Waals surface area contributed by atoms with Crippen LogP contribution in [0.2, 0.25) is 0 Å². The minimum absolute atomic E-state index is 0.266. The Bertz CT molecular complexity index is 566. The number of benzene rings is 1. The largest absolute Gasteiger partial charge is 0.467 e. The first kappa shape index (κ1) is 13.5. The van der Waals surface area contributed by atoms with Crippen LogP contribution >= 0.6 is 11.5 Å².